The smallest absolute Gasteiger partial charge is 0.191 e. The third-order valence-electron chi connectivity index (χ3n) is 3.38. The van der Waals surface area contributed by atoms with Gasteiger partial charge in [-0.2, -0.15) is 0 Å². The van der Waals surface area contributed by atoms with Gasteiger partial charge in [0.1, 0.15) is 13.2 Å². The van der Waals surface area contributed by atoms with Crippen molar-refractivity contribution in [3.63, 3.8) is 0 Å². The molecule has 1 aromatic heterocycles. The van der Waals surface area contributed by atoms with Gasteiger partial charge in [-0.3, -0.25) is 4.99 Å². The fraction of sp³-hybridized carbons (Fsp3) is 0.312. The fourth-order valence-electron chi connectivity index (χ4n) is 2.25. The van der Waals surface area contributed by atoms with Crippen molar-refractivity contribution in [2.45, 2.75) is 13.1 Å². The van der Waals surface area contributed by atoms with Gasteiger partial charge >= 0.3 is 0 Å². The Hall–Kier alpha value is -1.61. The second kappa shape index (κ2) is 9.03. The third-order valence-corrected chi connectivity index (χ3v) is 3.66. The SMILES string of the molecule is CN=C(NCc1ccoc1)NCc1cc(Cl)c2c(c1)OCCO2.I. The summed E-state index contributed by atoms with van der Waals surface area (Å²) in [5.41, 5.74) is 2.04. The van der Waals surface area contributed by atoms with E-state index in [0.29, 0.717) is 48.8 Å². The Morgan fingerprint density at radius 1 is 1.17 bits per heavy atom. The van der Waals surface area contributed by atoms with Crippen molar-refractivity contribution in [3.05, 3.63) is 46.9 Å². The van der Waals surface area contributed by atoms with E-state index in [4.69, 9.17) is 25.5 Å². The van der Waals surface area contributed by atoms with E-state index in [2.05, 4.69) is 15.6 Å². The molecule has 6 nitrogen and oxygen atoms in total. The van der Waals surface area contributed by atoms with Crippen LogP contribution in [0.2, 0.25) is 5.02 Å². The Balaban J connectivity index is 0.00000208. The molecular formula is C16H19ClIN3O3. The van der Waals surface area contributed by atoms with Crippen LogP contribution in [0.3, 0.4) is 0 Å². The van der Waals surface area contributed by atoms with Crippen LogP contribution in [0, 0.1) is 0 Å². The molecule has 2 N–H and O–H groups in total. The van der Waals surface area contributed by atoms with E-state index in [-0.39, 0.29) is 24.0 Å². The first-order valence-corrected chi connectivity index (χ1v) is 7.67. The van der Waals surface area contributed by atoms with Crippen LogP contribution in [-0.2, 0) is 13.1 Å². The molecule has 2 aromatic rings. The molecule has 0 unspecified atom stereocenters. The lowest BCUT2D eigenvalue weighted by atomic mass is 10.2. The molecule has 0 saturated carbocycles. The normalized spacial score (nSPS) is 13.2. The molecule has 0 spiro atoms. The van der Waals surface area contributed by atoms with Gasteiger partial charge in [-0.15, -0.1) is 24.0 Å². The molecule has 0 fully saturated rings. The van der Waals surface area contributed by atoms with Crippen molar-refractivity contribution in [1.82, 2.24) is 10.6 Å². The third kappa shape index (κ3) is 4.70. The van der Waals surface area contributed by atoms with Crippen molar-refractivity contribution in [2.24, 2.45) is 4.99 Å². The predicted octanol–water partition coefficient (Wildman–Crippen LogP) is 3.19. The summed E-state index contributed by atoms with van der Waals surface area (Å²) in [5.74, 6) is 1.99. The van der Waals surface area contributed by atoms with Gasteiger partial charge in [-0.25, -0.2) is 0 Å². The molecule has 0 atom stereocenters. The molecule has 0 aliphatic carbocycles. The number of furan rings is 1. The molecule has 8 heteroatoms. The molecule has 2 heterocycles. The molecule has 0 bridgehead atoms. The van der Waals surface area contributed by atoms with Gasteiger partial charge < -0.3 is 24.5 Å². The van der Waals surface area contributed by atoms with E-state index in [0.717, 1.165) is 11.1 Å². The second-order valence-electron chi connectivity index (χ2n) is 5.01. The maximum absolute atomic E-state index is 6.24. The van der Waals surface area contributed by atoms with Gasteiger partial charge in [0.15, 0.2) is 17.5 Å². The maximum Gasteiger partial charge on any atom is 0.191 e. The van der Waals surface area contributed by atoms with Crippen LogP contribution >= 0.6 is 35.6 Å². The highest BCUT2D eigenvalue weighted by atomic mass is 127. The van der Waals surface area contributed by atoms with Gasteiger partial charge in [0.2, 0.25) is 0 Å². The van der Waals surface area contributed by atoms with E-state index in [1.54, 1.807) is 19.6 Å². The van der Waals surface area contributed by atoms with E-state index in [9.17, 15) is 0 Å². The largest absolute Gasteiger partial charge is 0.486 e. The van der Waals surface area contributed by atoms with Gasteiger partial charge in [0.25, 0.3) is 0 Å². The highest BCUT2D eigenvalue weighted by Gasteiger charge is 2.16. The number of ether oxygens (including phenoxy) is 2. The first-order chi connectivity index (χ1) is 11.3. The number of hydrogen-bond donors (Lipinski definition) is 2. The van der Waals surface area contributed by atoms with Crippen molar-refractivity contribution in [3.8, 4) is 11.5 Å². The van der Waals surface area contributed by atoms with E-state index in [1.807, 2.05) is 18.2 Å². The Morgan fingerprint density at radius 2 is 1.92 bits per heavy atom. The minimum Gasteiger partial charge on any atom is -0.486 e. The zero-order valence-electron chi connectivity index (χ0n) is 13.2. The standard InChI is InChI=1S/C16H18ClN3O3.HI/c1-18-16(19-8-11-2-3-21-10-11)20-9-12-6-13(17)15-14(7-12)22-4-5-23-15;/h2-3,6-7,10H,4-5,8-9H2,1H3,(H2,18,19,20);1H. The van der Waals surface area contributed by atoms with E-state index in [1.165, 1.54) is 0 Å². The van der Waals surface area contributed by atoms with Crippen LogP contribution in [-0.4, -0.2) is 26.2 Å². The average Bonchev–Trinajstić information content (AvgIpc) is 3.08. The Bertz CT molecular complexity index is 692. The Kier molecular flexibility index (Phi) is 7.04. The number of fused-ring (bicyclic) bond motifs is 1. The number of halogens is 2. The number of nitrogens with one attached hydrogen (secondary N) is 2. The Labute approximate surface area is 162 Å². The lowest BCUT2D eigenvalue weighted by Gasteiger charge is -2.20. The summed E-state index contributed by atoms with van der Waals surface area (Å²) in [6, 6.07) is 5.70. The van der Waals surface area contributed by atoms with Crippen molar-refractivity contribution >= 4 is 41.5 Å². The van der Waals surface area contributed by atoms with Crippen LogP contribution in [0.1, 0.15) is 11.1 Å². The van der Waals surface area contributed by atoms with Crippen LogP contribution < -0.4 is 20.1 Å². The van der Waals surface area contributed by atoms with Crippen molar-refractivity contribution < 1.29 is 13.9 Å². The average molecular weight is 464 g/mol. The number of guanidine groups is 1. The van der Waals surface area contributed by atoms with Gasteiger partial charge in [-0.05, 0) is 23.8 Å². The lowest BCUT2D eigenvalue weighted by Crippen LogP contribution is -2.36. The minimum atomic E-state index is 0. The summed E-state index contributed by atoms with van der Waals surface area (Å²) >= 11 is 6.24. The van der Waals surface area contributed by atoms with Crippen LogP contribution in [0.15, 0.2) is 40.1 Å². The molecule has 24 heavy (non-hydrogen) atoms. The highest BCUT2D eigenvalue weighted by Crippen LogP contribution is 2.38. The lowest BCUT2D eigenvalue weighted by molar-refractivity contribution is 0.171. The molecule has 130 valence electrons. The topological polar surface area (TPSA) is 68.0 Å². The summed E-state index contributed by atoms with van der Waals surface area (Å²) in [5, 5.41) is 7.00. The molecule has 1 aliphatic heterocycles. The number of benzene rings is 1. The molecular weight excluding hydrogens is 445 g/mol. The number of aliphatic imine (C=N–C) groups is 1. The van der Waals surface area contributed by atoms with Crippen LogP contribution in [0.5, 0.6) is 11.5 Å². The van der Waals surface area contributed by atoms with Gasteiger partial charge in [0.05, 0.1) is 17.5 Å². The number of rotatable bonds is 4. The molecule has 0 radical (unpaired) electrons. The molecule has 0 amide bonds. The summed E-state index contributed by atoms with van der Waals surface area (Å²) < 4.78 is 16.1. The second-order valence-corrected chi connectivity index (χ2v) is 5.42. The fourth-order valence-corrected chi connectivity index (χ4v) is 2.54. The molecule has 1 aromatic carbocycles. The first-order valence-electron chi connectivity index (χ1n) is 7.30. The van der Waals surface area contributed by atoms with Gasteiger partial charge in [0, 0.05) is 25.7 Å². The van der Waals surface area contributed by atoms with Crippen LogP contribution in [0.25, 0.3) is 0 Å². The monoisotopic (exact) mass is 463 g/mol. The zero-order chi connectivity index (χ0) is 16.1. The van der Waals surface area contributed by atoms with Crippen molar-refractivity contribution in [1.29, 1.82) is 0 Å². The molecule has 0 saturated heterocycles. The molecule has 3 rings (SSSR count). The Morgan fingerprint density at radius 3 is 2.62 bits per heavy atom. The molecule has 1 aliphatic rings. The van der Waals surface area contributed by atoms with E-state index < -0.39 is 0 Å². The van der Waals surface area contributed by atoms with Crippen molar-refractivity contribution in [2.75, 3.05) is 20.3 Å². The first kappa shape index (κ1) is 18.7. The zero-order valence-corrected chi connectivity index (χ0v) is 16.3. The van der Waals surface area contributed by atoms with E-state index >= 15 is 0 Å². The highest BCUT2D eigenvalue weighted by molar-refractivity contribution is 14.0. The minimum absolute atomic E-state index is 0. The van der Waals surface area contributed by atoms with Crippen LogP contribution in [0.4, 0.5) is 0 Å². The summed E-state index contributed by atoms with van der Waals surface area (Å²) in [4.78, 5) is 4.19. The summed E-state index contributed by atoms with van der Waals surface area (Å²) in [7, 11) is 1.72. The van der Waals surface area contributed by atoms with Gasteiger partial charge in [-0.1, -0.05) is 11.6 Å². The summed E-state index contributed by atoms with van der Waals surface area (Å²) in [6.45, 7) is 2.27. The number of hydrogen-bond acceptors (Lipinski definition) is 4. The summed E-state index contributed by atoms with van der Waals surface area (Å²) in [6.07, 6.45) is 3.34. The maximum atomic E-state index is 6.24. The predicted molar refractivity (Wildman–Crippen MR) is 104 cm³/mol. The quantitative estimate of drug-likeness (QED) is 0.414. The number of nitrogens with zero attached hydrogens (tertiary/aromatic N) is 1.